The van der Waals surface area contributed by atoms with Gasteiger partial charge in [-0.2, -0.15) is 0 Å². The van der Waals surface area contributed by atoms with E-state index in [1.54, 1.807) is 0 Å². The predicted octanol–water partition coefficient (Wildman–Crippen LogP) is 4.01. The highest BCUT2D eigenvalue weighted by atomic mass is 15.2. The Morgan fingerprint density at radius 3 is 2.62 bits per heavy atom. The molecule has 2 heteroatoms. The van der Waals surface area contributed by atoms with Crippen molar-refractivity contribution in [3.8, 4) is 0 Å². The first-order valence-corrected chi connectivity index (χ1v) is 8.49. The Morgan fingerprint density at radius 2 is 1.95 bits per heavy atom. The average Bonchev–Trinajstić information content (AvgIpc) is 2.46. The van der Waals surface area contributed by atoms with Gasteiger partial charge in [0.2, 0.25) is 0 Å². The maximum absolute atomic E-state index is 3.51. The van der Waals surface area contributed by atoms with Crippen LogP contribution in [0, 0.1) is 18.8 Å². The fourth-order valence-corrected chi connectivity index (χ4v) is 3.86. The van der Waals surface area contributed by atoms with Gasteiger partial charge in [-0.15, -0.1) is 0 Å². The number of rotatable bonds is 5. The topological polar surface area (TPSA) is 15.3 Å². The number of benzene rings is 1. The quantitative estimate of drug-likeness (QED) is 0.880. The Balaban J connectivity index is 1.98. The van der Waals surface area contributed by atoms with Gasteiger partial charge in [-0.3, -0.25) is 0 Å². The van der Waals surface area contributed by atoms with Crippen LogP contribution in [-0.4, -0.2) is 31.1 Å². The molecular weight excluding hydrogens is 256 g/mol. The molecule has 4 unspecified atom stereocenters. The molecule has 1 aliphatic rings. The van der Waals surface area contributed by atoms with Gasteiger partial charge in [0.25, 0.3) is 0 Å². The summed E-state index contributed by atoms with van der Waals surface area (Å²) in [6.45, 7) is 11.9. The largest absolute Gasteiger partial charge is 0.313 e. The summed E-state index contributed by atoms with van der Waals surface area (Å²) in [6.07, 6.45) is 2.57. The second kappa shape index (κ2) is 7.42. The third-order valence-electron chi connectivity index (χ3n) is 5.34. The molecule has 0 bridgehead atoms. The van der Waals surface area contributed by atoms with Crippen LogP contribution in [0.15, 0.2) is 24.3 Å². The summed E-state index contributed by atoms with van der Waals surface area (Å²) in [5.74, 6) is 1.66. The lowest BCUT2D eigenvalue weighted by Gasteiger charge is -2.41. The zero-order valence-corrected chi connectivity index (χ0v) is 14.4. The first-order valence-electron chi connectivity index (χ1n) is 8.49. The van der Waals surface area contributed by atoms with E-state index in [0.717, 1.165) is 17.9 Å². The summed E-state index contributed by atoms with van der Waals surface area (Å²) >= 11 is 0. The van der Waals surface area contributed by atoms with Crippen LogP contribution < -0.4 is 5.32 Å². The van der Waals surface area contributed by atoms with Crippen molar-refractivity contribution in [2.75, 3.05) is 20.1 Å². The van der Waals surface area contributed by atoms with Gasteiger partial charge in [0.05, 0.1) is 0 Å². The van der Waals surface area contributed by atoms with Crippen LogP contribution in [0.4, 0.5) is 0 Å². The Kier molecular flexibility index (Phi) is 5.83. The fourth-order valence-electron chi connectivity index (χ4n) is 3.86. The normalized spacial score (nSPS) is 28.5. The zero-order chi connectivity index (χ0) is 15.4. The molecule has 1 N–H and O–H groups in total. The number of nitrogens with one attached hydrogen (secondary N) is 1. The van der Waals surface area contributed by atoms with Crippen molar-refractivity contribution in [3.63, 3.8) is 0 Å². The third kappa shape index (κ3) is 4.08. The first-order chi connectivity index (χ1) is 10.0. The molecular formula is C19H32N2. The van der Waals surface area contributed by atoms with Crippen LogP contribution in [0.25, 0.3) is 0 Å². The SMILES string of the molecule is CNC(CCN1CC(C)CC(C)C1C)c1ccccc1C. The van der Waals surface area contributed by atoms with E-state index < -0.39 is 0 Å². The molecule has 0 aromatic heterocycles. The number of nitrogens with zero attached hydrogens (tertiary/aromatic N) is 1. The summed E-state index contributed by atoms with van der Waals surface area (Å²) in [4.78, 5) is 2.70. The molecule has 1 heterocycles. The highest BCUT2D eigenvalue weighted by Crippen LogP contribution is 2.28. The second-order valence-corrected chi connectivity index (χ2v) is 7.04. The minimum absolute atomic E-state index is 0.464. The van der Waals surface area contributed by atoms with Crippen molar-refractivity contribution in [3.05, 3.63) is 35.4 Å². The molecule has 21 heavy (non-hydrogen) atoms. The number of likely N-dealkylation sites (tertiary alicyclic amines) is 1. The zero-order valence-electron chi connectivity index (χ0n) is 14.4. The predicted molar refractivity (Wildman–Crippen MR) is 91.6 cm³/mol. The molecule has 2 nitrogen and oxygen atoms in total. The molecule has 1 aromatic rings. The van der Waals surface area contributed by atoms with Gasteiger partial charge in [-0.25, -0.2) is 0 Å². The van der Waals surface area contributed by atoms with Gasteiger partial charge in [-0.1, -0.05) is 38.1 Å². The highest BCUT2D eigenvalue weighted by molar-refractivity contribution is 5.28. The summed E-state index contributed by atoms with van der Waals surface area (Å²) in [6, 6.07) is 9.94. The van der Waals surface area contributed by atoms with Crippen LogP contribution in [-0.2, 0) is 0 Å². The van der Waals surface area contributed by atoms with E-state index in [2.05, 4.69) is 69.2 Å². The van der Waals surface area contributed by atoms with Crippen molar-refractivity contribution in [1.29, 1.82) is 0 Å². The fraction of sp³-hybridized carbons (Fsp3) is 0.684. The molecule has 0 aliphatic carbocycles. The van der Waals surface area contributed by atoms with Gasteiger partial charge >= 0.3 is 0 Å². The standard InChI is InChI=1S/C19H32N2/c1-14-12-16(3)17(4)21(13-14)11-10-19(20-5)18-9-7-6-8-15(18)2/h6-9,14,16-17,19-20H,10-13H2,1-5H3. The van der Waals surface area contributed by atoms with E-state index in [9.17, 15) is 0 Å². The van der Waals surface area contributed by atoms with E-state index in [-0.39, 0.29) is 0 Å². The lowest BCUT2D eigenvalue weighted by Crippen LogP contribution is -2.46. The monoisotopic (exact) mass is 288 g/mol. The van der Waals surface area contributed by atoms with Gasteiger partial charge < -0.3 is 10.2 Å². The number of hydrogen-bond donors (Lipinski definition) is 1. The molecule has 4 atom stereocenters. The molecule has 1 aromatic carbocycles. The Morgan fingerprint density at radius 1 is 1.24 bits per heavy atom. The molecule has 0 spiro atoms. The number of hydrogen-bond acceptors (Lipinski definition) is 2. The van der Waals surface area contributed by atoms with Crippen molar-refractivity contribution in [1.82, 2.24) is 10.2 Å². The number of piperidine rings is 1. The first kappa shape index (κ1) is 16.5. The molecule has 0 saturated carbocycles. The molecule has 118 valence electrons. The Labute approximate surface area is 130 Å². The van der Waals surface area contributed by atoms with Gasteiger partial charge in [-0.05, 0) is 56.7 Å². The molecule has 1 saturated heterocycles. The minimum atomic E-state index is 0.464. The van der Waals surface area contributed by atoms with Crippen LogP contribution >= 0.6 is 0 Å². The van der Waals surface area contributed by atoms with E-state index in [1.165, 1.54) is 37.1 Å². The van der Waals surface area contributed by atoms with E-state index in [1.807, 2.05) is 0 Å². The maximum atomic E-state index is 3.51. The van der Waals surface area contributed by atoms with Crippen LogP contribution in [0.1, 0.15) is 50.8 Å². The van der Waals surface area contributed by atoms with Crippen LogP contribution in [0.3, 0.4) is 0 Å². The smallest absolute Gasteiger partial charge is 0.0332 e. The van der Waals surface area contributed by atoms with Gasteiger partial charge in [0.1, 0.15) is 0 Å². The van der Waals surface area contributed by atoms with Crippen molar-refractivity contribution >= 4 is 0 Å². The minimum Gasteiger partial charge on any atom is -0.313 e. The van der Waals surface area contributed by atoms with Crippen LogP contribution in [0.5, 0.6) is 0 Å². The summed E-state index contributed by atoms with van der Waals surface area (Å²) in [7, 11) is 2.09. The van der Waals surface area contributed by atoms with E-state index >= 15 is 0 Å². The lowest BCUT2D eigenvalue weighted by molar-refractivity contribution is 0.0760. The van der Waals surface area contributed by atoms with Crippen molar-refractivity contribution < 1.29 is 0 Å². The summed E-state index contributed by atoms with van der Waals surface area (Å²) in [5, 5.41) is 3.51. The van der Waals surface area contributed by atoms with Gasteiger partial charge in [0.15, 0.2) is 0 Å². The molecule has 0 amide bonds. The second-order valence-electron chi connectivity index (χ2n) is 7.04. The van der Waals surface area contributed by atoms with Gasteiger partial charge in [0, 0.05) is 25.2 Å². The molecule has 2 rings (SSSR count). The maximum Gasteiger partial charge on any atom is 0.0332 e. The molecule has 1 aliphatic heterocycles. The summed E-state index contributed by atoms with van der Waals surface area (Å²) in [5.41, 5.74) is 2.84. The summed E-state index contributed by atoms with van der Waals surface area (Å²) < 4.78 is 0. The Bertz CT molecular complexity index is 443. The molecule has 0 radical (unpaired) electrons. The number of aryl methyl sites for hydroxylation is 1. The van der Waals surface area contributed by atoms with E-state index in [4.69, 9.17) is 0 Å². The highest BCUT2D eigenvalue weighted by Gasteiger charge is 2.28. The van der Waals surface area contributed by atoms with Crippen LogP contribution in [0.2, 0.25) is 0 Å². The van der Waals surface area contributed by atoms with Crippen molar-refractivity contribution in [2.24, 2.45) is 11.8 Å². The van der Waals surface area contributed by atoms with Crippen molar-refractivity contribution in [2.45, 2.75) is 52.6 Å². The molecule has 1 fully saturated rings. The Hall–Kier alpha value is -0.860. The average molecular weight is 288 g/mol. The lowest BCUT2D eigenvalue weighted by atomic mass is 9.85. The van der Waals surface area contributed by atoms with E-state index in [0.29, 0.717) is 6.04 Å². The third-order valence-corrected chi connectivity index (χ3v) is 5.34.